The fourth-order valence-electron chi connectivity index (χ4n) is 1.65. The summed E-state index contributed by atoms with van der Waals surface area (Å²) in [7, 11) is 0. The first-order valence-electron chi connectivity index (χ1n) is 4.93. The number of hydrogen-bond donors (Lipinski definition) is 1. The van der Waals surface area contributed by atoms with Crippen LogP contribution < -0.4 is 5.32 Å². The average Bonchev–Trinajstić information content (AvgIpc) is 2.56. The van der Waals surface area contributed by atoms with E-state index in [0.717, 1.165) is 24.5 Å². The van der Waals surface area contributed by atoms with Crippen molar-refractivity contribution in [1.29, 1.82) is 0 Å². The molecule has 1 fully saturated rings. The van der Waals surface area contributed by atoms with Gasteiger partial charge in [0.05, 0.1) is 17.8 Å². The lowest BCUT2D eigenvalue weighted by atomic mass is 10.1. The van der Waals surface area contributed by atoms with Crippen LogP contribution in [0, 0.1) is 6.92 Å². The molecule has 1 aromatic rings. The molecule has 1 aliphatic rings. The van der Waals surface area contributed by atoms with E-state index in [1.165, 1.54) is 0 Å². The molecule has 0 radical (unpaired) electrons. The highest BCUT2D eigenvalue weighted by Gasteiger charge is 2.24. The number of anilines is 1. The molecule has 4 heteroatoms. The maximum absolute atomic E-state index is 5.47. The van der Waals surface area contributed by atoms with Gasteiger partial charge >= 0.3 is 0 Å². The second-order valence-corrected chi connectivity index (χ2v) is 3.61. The van der Waals surface area contributed by atoms with Crippen molar-refractivity contribution in [2.45, 2.75) is 32.4 Å². The topological polar surface area (TPSA) is 47.0 Å². The summed E-state index contributed by atoms with van der Waals surface area (Å²) in [6, 6.07) is 0.366. The number of nitrogens with zero attached hydrogens (tertiary/aromatic N) is 2. The molecule has 1 N–H and O–H groups in total. The van der Waals surface area contributed by atoms with Crippen LogP contribution in [0.25, 0.3) is 0 Å². The van der Waals surface area contributed by atoms with E-state index in [9.17, 15) is 0 Å². The Kier molecular flexibility index (Phi) is 2.63. The number of rotatable bonds is 2. The zero-order valence-corrected chi connectivity index (χ0v) is 8.53. The van der Waals surface area contributed by atoms with Crippen molar-refractivity contribution in [2.24, 2.45) is 0 Å². The molecule has 2 heterocycles. The van der Waals surface area contributed by atoms with Gasteiger partial charge in [0.15, 0.2) is 0 Å². The molecular weight excluding hydrogens is 178 g/mol. The van der Waals surface area contributed by atoms with Gasteiger partial charge in [0, 0.05) is 19.0 Å². The molecule has 0 saturated carbocycles. The highest BCUT2D eigenvalue weighted by atomic mass is 16.5. The first kappa shape index (κ1) is 9.40. The SMILES string of the molecule is Cc1nccnc1NC1CCOC1C. The third-order valence-electron chi connectivity index (χ3n) is 2.58. The lowest BCUT2D eigenvalue weighted by Gasteiger charge is -2.17. The molecule has 0 spiro atoms. The lowest BCUT2D eigenvalue weighted by molar-refractivity contribution is 0.121. The first-order valence-corrected chi connectivity index (χ1v) is 4.93. The number of nitrogens with one attached hydrogen (secondary N) is 1. The highest BCUT2D eigenvalue weighted by molar-refractivity contribution is 5.39. The molecule has 2 unspecified atom stereocenters. The summed E-state index contributed by atoms with van der Waals surface area (Å²) >= 11 is 0. The van der Waals surface area contributed by atoms with E-state index < -0.39 is 0 Å². The minimum atomic E-state index is 0.261. The molecule has 2 atom stereocenters. The van der Waals surface area contributed by atoms with Crippen LogP contribution in [0.2, 0.25) is 0 Å². The second-order valence-electron chi connectivity index (χ2n) is 3.61. The summed E-state index contributed by atoms with van der Waals surface area (Å²) in [6.07, 6.45) is 4.71. The molecule has 1 aromatic heterocycles. The summed E-state index contributed by atoms with van der Waals surface area (Å²) in [5.41, 5.74) is 0.937. The van der Waals surface area contributed by atoms with E-state index >= 15 is 0 Å². The molecule has 1 aliphatic heterocycles. The molecular formula is C10H15N3O. The van der Waals surface area contributed by atoms with Gasteiger partial charge in [-0.2, -0.15) is 0 Å². The minimum absolute atomic E-state index is 0.261. The van der Waals surface area contributed by atoms with Crippen molar-refractivity contribution in [3.05, 3.63) is 18.1 Å². The number of ether oxygens (including phenoxy) is 1. The Balaban J connectivity index is 2.07. The molecule has 1 saturated heterocycles. The molecule has 0 aliphatic carbocycles. The van der Waals surface area contributed by atoms with E-state index in [1.54, 1.807) is 12.4 Å². The van der Waals surface area contributed by atoms with Gasteiger partial charge in [-0.3, -0.25) is 4.98 Å². The number of aryl methyl sites for hydroxylation is 1. The van der Waals surface area contributed by atoms with Crippen LogP contribution in [-0.4, -0.2) is 28.7 Å². The molecule has 0 amide bonds. The average molecular weight is 193 g/mol. The largest absolute Gasteiger partial charge is 0.376 e. The molecule has 14 heavy (non-hydrogen) atoms. The third kappa shape index (κ3) is 1.85. The van der Waals surface area contributed by atoms with Crippen molar-refractivity contribution in [1.82, 2.24) is 9.97 Å². The van der Waals surface area contributed by atoms with Gasteiger partial charge in [-0.15, -0.1) is 0 Å². The Morgan fingerprint density at radius 1 is 1.43 bits per heavy atom. The van der Waals surface area contributed by atoms with Gasteiger partial charge in [-0.1, -0.05) is 0 Å². The normalized spacial score (nSPS) is 26.4. The smallest absolute Gasteiger partial charge is 0.147 e. The predicted octanol–water partition coefficient (Wildman–Crippen LogP) is 1.37. The zero-order valence-electron chi connectivity index (χ0n) is 8.53. The maximum Gasteiger partial charge on any atom is 0.147 e. The highest BCUT2D eigenvalue weighted by Crippen LogP contribution is 2.18. The van der Waals surface area contributed by atoms with Crippen LogP contribution in [0.1, 0.15) is 19.0 Å². The fourth-order valence-corrected chi connectivity index (χ4v) is 1.65. The molecule has 76 valence electrons. The Hall–Kier alpha value is -1.16. The quantitative estimate of drug-likeness (QED) is 0.770. The standard InChI is InChI=1S/C10H15N3O/c1-7-10(12-5-4-11-7)13-9-3-6-14-8(9)2/h4-5,8-9H,3,6H2,1-2H3,(H,12,13). The van der Waals surface area contributed by atoms with Crippen LogP contribution in [0.5, 0.6) is 0 Å². The van der Waals surface area contributed by atoms with Gasteiger partial charge in [0.25, 0.3) is 0 Å². The van der Waals surface area contributed by atoms with Crippen molar-refractivity contribution in [2.75, 3.05) is 11.9 Å². The van der Waals surface area contributed by atoms with E-state index in [2.05, 4.69) is 22.2 Å². The summed E-state index contributed by atoms with van der Waals surface area (Å²) < 4.78 is 5.47. The minimum Gasteiger partial charge on any atom is -0.376 e. The molecule has 0 aromatic carbocycles. The van der Waals surface area contributed by atoms with E-state index in [0.29, 0.717) is 6.04 Å². The Morgan fingerprint density at radius 3 is 2.86 bits per heavy atom. The summed E-state index contributed by atoms with van der Waals surface area (Å²) in [4.78, 5) is 8.43. The first-order chi connectivity index (χ1) is 6.77. The molecule has 0 bridgehead atoms. The van der Waals surface area contributed by atoms with Gasteiger partial charge < -0.3 is 10.1 Å². The summed E-state index contributed by atoms with van der Waals surface area (Å²) in [5, 5.41) is 3.36. The van der Waals surface area contributed by atoms with Crippen LogP contribution in [0.4, 0.5) is 5.82 Å². The summed E-state index contributed by atoms with van der Waals surface area (Å²) in [6.45, 7) is 4.87. The molecule has 2 rings (SSSR count). The zero-order chi connectivity index (χ0) is 9.97. The second kappa shape index (κ2) is 3.92. The number of hydrogen-bond acceptors (Lipinski definition) is 4. The van der Waals surface area contributed by atoms with E-state index in [-0.39, 0.29) is 6.10 Å². The van der Waals surface area contributed by atoms with E-state index in [4.69, 9.17) is 4.74 Å². The van der Waals surface area contributed by atoms with Crippen LogP contribution >= 0.6 is 0 Å². The van der Waals surface area contributed by atoms with Crippen LogP contribution in [0.15, 0.2) is 12.4 Å². The predicted molar refractivity (Wildman–Crippen MR) is 54.2 cm³/mol. The lowest BCUT2D eigenvalue weighted by Crippen LogP contribution is -2.27. The van der Waals surface area contributed by atoms with E-state index in [1.807, 2.05) is 6.92 Å². The fraction of sp³-hybridized carbons (Fsp3) is 0.600. The Morgan fingerprint density at radius 2 is 2.21 bits per heavy atom. The van der Waals surface area contributed by atoms with Crippen molar-refractivity contribution < 1.29 is 4.74 Å². The van der Waals surface area contributed by atoms with Crippen molar-refractivity contribution in [3.8, 4) is 0 Å². The monoisotopic (exact) mass is 193 g/mol. The maximum atomic E-state index is 5.47. The van der Waals surface area contributed by atoms with Crippen molar-refractivity contribution in [3.63, 3.8) is 0 Å². The Bertz CT molecular complexity index is 316. The third-order valence-corrected chi connectivity index (χ3v) is 2.58. The van der Waals surface area contributed by atoms with Gasteiger partial charge in [0.1, 0.15) is 5.82 Å². The number of aromatic nitrogens is 2. The van der Waals surface area contributed by atoms with Crippen LogP contribution in [0.3, 0.4) is 0 Å². The Labute approximate surface area is 83.7 Å². The van der Waals surface area contributed by atoms with Crippen LogP contribution in [-0.2, 0) is 4.74 Å². The summed E-state index contributed by atoms with van der Waals surface area (Å²) in [5.74, 6) is 0.870. The van der Waals surface area contributed by atoms with Crippen molar-refractivity contribution >= 4 is 5.82 Å². The molecule has 4 nitrogen and oxygen atoms in total. The van der Waals surface area contributed by atoms with Gasteiger partial charge in [-0.05, 0) is 20.3 Å². The van der Waals surface area contributed by atoms with Gasteiger partial charge in [-0.25, -0.2) is 4.98 Å². The van der Waals surface area contributed by atoms with Gasteiger partial charge in [0.2, 0.25) is 0 Å².